The molecule has 66 valence electrons. The molecule has 5 nitrogen and oxygen atoms in total. The first-order chi connectivity index (χ1) is 6.36. The highest BCUT2D eigenvalue weighted by molar-refractivity contribution is 5.88. The smallest absolute Gasteiger partial charge is 0.361 e. The third-order valence-electron chi connectivity index (χ3n) is 1.50. The summed E-state index contributed by atoms with van der Waals surface area (Å²) in [7, 11) is 0. The Morgan fingerprint density at radius 2 is 2.38 bits per heavy atom. The molecule has 0 atom stereocenters. The van der Waals surface area contributed by atoms with Crippen LogP contribution in [0.15, 0.2) is 30.6 Å². The Balaban J connectivity index is 2.08. The summed E-state index contributed by atoms with van der Waals surface area (Å²) in [6.07, 6.45) is 3.17. The van der Waals surface area contributed by atoms with Crippen molar-refractivity contribution in [1.29, 1.82) is 0 Å². The topological polar surface area (TPSA) is 70.8 Å². The van der Waals surface area contributed by atoms with Crippen LogP contribution in [-0.4, -0.2) is 21.2 Å². The molecule has 0 bridgehead atoms. The average molecular weight is 177 g/mol. The fraction of sp³-hybridized carbons (Fsp3) is 0. The molecular formula is C8H7N3O2. The zero-order chi connectivity index (χ0) is 9.10. The van der Waals surface area contributed by atoms with Crippen LogP contribution in [0.1, 0.15) is 10.5 Å². The molecule has 0 radical (unpaired) electrons. The number of hydrogen-bond acceptors (Lipinski definition) is 3. The molecular weight excluding hydrogens is 170 g/mol. The predicted molar refractivity (Wildman–Crippen MR) is 44.3 cm³/mol. The summed E-state index contributed by atoms with van der Waals surface area (Å²) >= 11 is 0. The molecule has 13 heavy (non-hydrogen) atoms. The molecule has 2 rings (SSSR count). The lowest BCUT2D eigenvalue weighted by Crippen LogP contribution is -2.08. The molecule has 2 aromatic heterocycles. The van der Waals surface area contributed by atoms with Crippen molar-refractivity contribution < 1.29 is 9.53 Å². The molecule has 2 heterocycles. The Labute approximate surface area is 73.7 Å². The molecule has 0 aliphatic carbocycles. The number of esters is 1. The molecule has 0 aliphatic heterocycles. The lowest BCUT2D eigenvalue weighted by atomic mass is 10.4. The number of carbonyl (C=O) groups is 1. The number of ether oxygens (including phenoxy) is 1. The second kappa shape index (κ2) is 3.14. The van der Waals surface area contributed by atoms with E-state index in [4.69, 9.17) is 4.74 Å². The highest BCUT2D eigenvalue weighted by atomic mass is 16.5. The maximum absolute atomic E-state index is 11.3. The number of aromatic nitrogens is 3. The van der Waals surface area contributed by atoms with E-state index in [9.17, 15) is 4.79 Å². The van der Waals surface area contributed by atoms with Crippen molar-refractivity contribution in [3.63, 3.8) is 0 Å². The van der Waals surface area contributed by atoms with Gasteiger partial charge in [0.1, 0.15) is 5.69 Å². The van der Waals surface area contributed by atoms with E-state index in [0.717, 1.165) is 0 Å². The Bertz CT molecular complexity index is 377. The molecule has 2 aromatic rings. The standard InChI is InChI=1S/C8H7N3O2/c12-8(6-2-1-4-9-6)13-7-3-5-10-11-7/h1-5,9H,(H,10,11). The first-order valence-corrected chi connectivity index (χ1v) is 3.71. The molecule has 0 fully saturated rings. The Morgan fingerprint density at radius 1 is 1.46 bits per heavy atom. The van der Waals surface area contributed by atoms with Gasteiger partial charge in [-0.05, 0) is 12.1 Å². The average Bonchev–Trinajstić information content (AvgIpc) is 2.74. The molecule has 0 saturated heterocycles. The minimum atomic E-state index is -0.436. The number of aromatic amines is 2. The third kappa shape index (κ3) is 1.58. The van der Waals surface area contributed by atoms with Gasteiger partial charge in [-0.25, -0.2) is 9.89 Å². The molecule has 0 saturated carbocycles. The van der Waals surface area contributed by atoms with E-state index in [1.54, 1.807) is 24.4 Å². The van der Waals surface area contributed by atoms with Gasteiger partial charge >= 0.3 is 5.97 Å². The number of H-pyrrole nitrogens is 2. The fourth-order valence-corrected chi connectivity index (χ4v) is 0.912. The highest BCUT2D eigenvalue weighted by Gasteiger charge is 2.08. The van der Waals surface area contributed by atoms with Crippen LogP contribution >= 0.6 is 0 Å². The summed E-state index contributed by atoms with van der Waals surface area (Å²) in [6, 6.07) is 4.93. The fourth-order valence-electron chi connectivity index (χ4n) is 0.912. The highest BCUT2D eigenvalue weighted by Crippen LogP contribution is 2.05. The Kier molecular flexibility index (Phi) is 1.84. The lowest BCUT2D eigenvalue weighted by molar-refractivity contribution is 0.0722. The minimum absolute atomic E-state index is 0.333. The molecule has 0 spiro atoms. The van der Waals surface area contributed by atoms with Gasteiger partial charge in [-0.15, -0.1) is 0 Å². The van der Waals surface area contributed by atoms with Crippen LogP contribution < -0.4 is 4.74 Å². The maximum atomic E-state index is 11.3. The quantitative estimate of drug-likeness (QED) is 0.671. The Hall–Kier alpha value is -2.04. The molecule has 2 N–H and O–H groups in total. The van der Waals surface area contributed by atoms with Crippen molar-refractivity contribution in [2.24, 2.45) is 0 Å². The van der Waals surface area contributed by atoms with E-state index in [1.807, 2.05) is 0 Å². The van der Waals surface area contributed by atoms with Crippen molar-refractivity contribution in [1.82, 2.24) is 15.2 Å². The van der Waals surface area contributed by atoms with Gasteiger partial charge in [0.05, 0.1) is 6.20 Å². The molecule has 0 amide bonds. The van der Waals surface area contributed by atoms with E-state index >= 15 is 0 Å². The lowest BCUT2D eigenvalue weighted by Gasteiger charge is -1.97. The van der Waals surface area contributed by atoms with Crippen molar-refractivity contribution in [3.8, 4) is 5.88 Å². The largest absolute Gasteiger partial charge is 0.403 e. The van der Waals surface area contributed by atoms with E-state index in [2.05, 4.69) is 15.2 Å². The summed E-state index contributed by atoms with van der Waals surface area (Å²) in [6.45, 7) is 0. The first-order valence-electron chi connectivity index (χ1n) is 3.71. The second-order valence-corrected chi connectivity index (χ2v) is 2.39. The van der Waals surface area contributed by atoms with E-state index in [1.165, 1.54) is 6.20 Å². The SMILES string of the molecule is O=C(Oc1ccn[nH]1)c1ccc[nH]1. The van der Waals surface area contributed by atoms with Crippen LogP contribution in [0.2, 0.25) is 0 Å². The summed E-state index contributed by atoms with van der Waals surface area (Å²) in [5.74, 6) is -0.103. The summed E-state index contributed by atoms with van der Waals surface area (Å²) < 4.78 is 4.91. The van der Waals surface area contributed by atoms with Crippen LogP contribution in [0.4, 0.5) is 0 Å². The predicted octanol–water partition coefficient (Wildman–Crippen LogP) is 0.957. The van der Waals surface area contributed by atoms with Gasteiger partial charge in [0.15, 0.2) is 0 Å². The second-order valence-electron chi connectivity index (χ2n) is 2.39. The zero-order valence-corrected chi connectivity index (χ0v) is 6.65. The number of carbonyl (C=O) groups excluding carboxylic acids is 1. The number of hydrogen-bond donors (Lipinski definition) is 2. The van der Waals surface area contributed by atoms with Crippen molar-refractivity contribution >= 4 is 5.97 Å². The van der Waals surface area contributed by atoms with Crippen LogP contribution in [-0.2, 0) is 0 Å². The molecule has 0 aliphatic rings. The number of nitrogens with zero attached hydrogens (tertiary/aromatic N) is 1. The van der Waals surface area contributed by atoms with Gasteiger partial charge in [-0.2, -0.15) is 5.10 Å². The maximum Gasteiger partial charge on any atom is 0.361 e. The first kappa shape index (κ1) is 7.60. The van der Waals surface area contributed by atoms with Crippen molar-refractivity contribution in [2.45, 2.75) is 0 Å². The minimum Gasteiger partial charge on any atom is -0.403 e. The van der Waals surface area contributed by atoms with Gasteiger partial charge < -0.3 is 9.72 Å². The van der Waals surface area contributed by atoms with Crippen molar-refractivity contribution in [2.75, 3.05) is 0 Å². The van der Waals surface area contributed by atoms with E-state index < -0.39 is 5.97 Å². The molecule has 0 aromatic carbocycles. The van der Waals surface area contributed by atoms with Gasteiger partial charge in [0.2, 0.25) is 5.88 Å². The summed E-state index contributed by atoms with van der Waals surface area (Å²) in [5.41, 5.74) is 0.412. The zero-order valence-electron chi connectivity index (χ0n) is 6.65. The summed E-state index contributed by atoms with van der Waals surface area (Å²) in [4.78, 5) is 14.0. The normalized spacial score (nSPS) is 9.85. The van der Waals surface area contributed by atoms with Gasteiger partial charge in [0, 0.05) is 12.3 Å². The monoisotopic (exact) mass is 177 g/mol. The molecule has 5 heteroatoms. The molecule has 0 unspecified atom stereocenters. The van der Waals surface area contributed by atoms with Gasteiger partial charge in [-0.3, -0.25) is 0 Å². The van der Waals surface area contributed by atoms with E-state index in [-0.39, 0.29) is 0 Å². The van der Waals surface area contributed by atoms with Crippen LogP contribution in [0.3, 0.4) is 0 Å². The van der Waals surface area contributed by atoms with Crippen molar-refractivity contribution in [3.05, 3.63) is 36.3 Å². The van der Waals surface area contributed by atoms with Gasteiger partial charge in [-0.1, -0.05) is 0 Å². The van der Waals surface area contributed by atoms with Crippen LogP contribution in [0.25, 0.3) is 0 Å². The number of rotatable bonds is 2. The Morgan fingerprint density at radius 3 is 3.00 bits per heavy atom. The number of nitrogens with one attached hydrogen (secondary N) is 2. The summed E-state index contributed by atoms with van der Waals surface area (Å²) in [5, 5.41) is 6.17. The third-order valence-corrected chi connectivity index (χ3v) is 1.50. The van der Waals surface area contributed by atoms with Gasteiger partial charge in [0.25, 0.3) is 0 Å². The van der Waals surface area contributed by atoms with Crippen LogP contribution in [0, 0.1) is 0 Å². The van der Waals surface area contributed by atoms with Crippen LogP contribution in [0.5, 0.6) is 5.88 Å². The van der Waals surface area contributed by atoms with E-state index in [0.29, 0.717) is 11.6 Å².